The van der Waals surface area contributed by atoms with Crippen LogP contribution in [0.5, 0.6) is 0 Å². The van der Waals surface area contributed by atoms with E-state index in [4.69, 9.17) is 10.5 Å². The number of carbonyl (C=O) groups is 1. The van der Waals surface area contributed by atoms with Crippen molar-refractivity contribution in [1.29, 1.82) is 0 Å². The van der Waals surface area contributed by atoms with Crippen molar-refractivity contribution in [2.24, 2.45) is 17.6 Å². The maximum Gasteiger partial charge on any atom is 0.222 e. The van der Waals surface area contributed by atoms with Crippen molar-refractivity contribution in [3.8, 4) is 0 Å². The number of rotatable bonds is 6. The quantitative estimate of drug-likeness (QED) is 0.786. The van der Waals surface area contributed by atoms with E-state index in [-0.39, 0.29) is 12.0 Å². The second-order valence-electron chi connectivity index (χ2n) is 5.48. The third-order valence-electron chi connectivity index (χ3n) is 3.88. The van der Waals surface area contributed by atoms with Crippen molar-refractivity contribution < 1.29 is 9.53 Å². The van der Waals surface area contributed by atoms with Crippen LogP contribution in [-0.2, 0) is 9.53 Å². The molecule has 1 aliphatic heterocycles. The van der Waals surface area contributed by atoms with Crippen molar-refractivity contribution in [2.45, 2.75) is 46.1 Å². The van der Waals surface area contributed by atoms with E-state index in [9.17, 15) is 4.79 Å². The average molecular weight is 256 g/mol. The molecule has 0 saturated carbocycles. The summed E-state index contributed by atoms with van der Waals surface area (Å²) in [7, 11) is 0. The molecule has 0 aliphatic carbocycles. The molecule has 1 saturated heterocycles. The van der Waals surface area contributed by atoms with Gasteiger partial charge in [-0.25, -0.2) is 0 Å². The summed E-state index contributed by atoms with van der Waals surface area (Å²) < 4.78 is 5.54. The van der Waals surface area contributed by atoms with E-state index in [1.54, 1.807) is 0 Å². The fraction of sp³-hybridized carbons (Fsp3) is 0.929. The monoisotopic (exact) mass is 256 g/mol. The van der Waals surface area contributed by atoms with Crippen LogP contribution in [-0.4, -0.2) is 43.2 Å². The maximum absolute atomic E-state index is 12.1. The van der Waals surface area contributed by atoms with Gasteiger partial charge in [-0.05, 0) is 31.6 Å². The number of amides is 1. The van der Waals surface area contributed by atoms with Gasteiger partial charge in [-0.3, -0.25) is 4.79 Å². The molecular formula is C14H28N2O2. The second kappa shape index (κ2) is 7.74. The van der Waals surface area contributed by atoms with Crippen LogP contribution in [0.3, 0.4) is 0 Å². The second-order valence-corrected chi connectivity index (χ2v) is 5.48. The van der Waals surface area contributed by atoms with Gasteiger partial charge in [-0.2, -0.15) is 0 Å². The summed E-state index contributed by atoms with van der Waals surface area (Å²) in [6, 6.07) is 0. The van der Waals surface area contributed by atoms with Gasteiger partial charge in [0.25, 0.3) is 0 Å². The number of carbonyl (C=O) groups excluding carboxylic acids is 1. The first-order valence-electron chi connectivity index (χ1n) is 7.17. The maximum atomic E-state index is 12.1. The van der Waals surface area contributed by atoms with Gasteiger partial charge in [0.2, 0.25) is 5.91 Å². The third kappa shape index (κ3) is 4.58. The van der Waals surface area contributed by atoms with Gasteiger partial charge in [0.05, 0.1) is 6.10 Å². The van der Waals surface area contributed by atoms with Crippen molar-refractivity contribution in [2.75, 3.05) is 26.2 Å². The molecule has 2 atom stereocenters. The number of ether oxygens (including phenoxy) is 1. The van der Waals surface area contributed by atoms with Crippen molar-refractivity contribution in [3.63, 3.8) is 0 Å². The van der Waals surface area contributed by atoms with Crippen LogP contribution in [0.4, 0.5) is 0 Å². The Hall–Kier alpha value is -0.610. The molecule has 0 aromatic carbocycles. The summed E-state index contributed by atoms with van der Waals surface area (Å²) in [4.78, 5) is 14.0. The van der Waals surface area contributed by atoms with Crippen molar-refractivity contribution >= 4 is 5.91 Å². The molecule has 1 amide bonds. The van der Waals surface area contributed by atoms with Gasteiger partial charge in [0.15, 0.2) is 0 Å². The predicted molar refractivity (Wildman–Crippen MR) is 73.2 cm³/mol. The van der Waals surface area contributed by atoms with Gasteiger partial charge in [-0.15, -0.1) is 0 Å². The standard InChI is InChI=1S/C14H28N2O2/c1-4-18-13(9-15)10-16-8-7-12(11(2)3)5-6-14(16)17/h11-13H,4-10,15H2,1-3H3. The summed E-state index contributed by atoms with van der Waals surface area (Å²) in [5.74, 6) is 1.59. The van der Waals surface area contributed by atoms with Crippen LogP contribution < -0.4 is 5.73 Å². The average Bonchev–Trinajstić information content (AvgIpc) is 2.52. The Morgan fingerprint density at radius 2 is 2.17 bits per heavy atom. The normalized spacial score (nSPS) is 23.3. The summed E-state index contributed by atoms with van der Waals surface area (Å²) >= 11 is 0. The number of nitrogens with two attached hydrogens (primary N) is 1. The lowest BCUT2D eigenvalue weighted by molar-refractivity contribution is -0.132. The Bertz CT molecular complexity index is 256. The van der Waals surface area contributed by atoms with Gasteiger partial charge in [0.1, 0.15) is 0 Å². The first kappa shape index (κ1) is 15.4. The van der Waals surface area contributed by atoms with E-state index >= 15 is 0 Å². The van der Waals surface area contributed by atoms with E-state index in [2.05, 4.69) is 13.8 Å². The number of hydrogen-bond donors (Lipinski definition) is 1. The van der Waals surface area contributed by atoms with Crippen molar-refractivity contribution in [1.82, 2.24) is 4.90 Å². The molecule has 1 aliphatic rings. The molecular weight excluding hydrogens is 228 g/mol. The fourth-order valence-corrected chi connectivity index (χ4v) is 2.59. The summed E-state index contributed by atoms with van der Waals surface area (Å²) in [6.07, 6.45) is 2.78. The molecule has 4 heteroatoms. The van der Waals surface area contributed by atoms with E-state index in [0.717, 1.165) is 19.4 Å². The molecule has 2 unspecified atom stereocenters. The molecule has 18 heavy (non-hydrogen) atoms. The summed E-state index contributed by atoms with van der Waals surface area (Å²) in [5, 5.41) is 0. The van der Waals surface area contributed by atoms with Gasteiger partial charge in [-0.1, -0.05) is 13.8 Å². The van der Waals surface area contributed by atoms with E-state index in [0.29, 0.717) is 38.0 Å². The molecule has 1 heterocycles. The van der Waals surface area contributed by atoms with Crippen LogP contribution >= 0.6 is 0 Å². The Kier molecular flexibility index (Phi) is 6.65. The molecule has 0 spiro atoms. The molecule has 0 bridgehead atoms. The minimum atomic E-state index is -0.0189. The van der Waals surface area contributed by atoms with Gasteiger partial charge >= 0.3 is 0 Å². The molecule has 4 nitrogen and oxygen atoms in total. The summed E-state index contributed by atoms with van der Waals surface area (Å²) in [6.45, 7) is 9.08. The molecule has 0 aromatic heterocycles. The lowest BCUT2D eigenvalue weighted by Crippen LogP contribution is -2.41. The minimum Gasteiger partial charge on any atom is -0.375 e. The first-order valence-corrected chi connectivity index (χ1v) is 7.17. The van der Waals surface area contributed by atoms with E-state index < -0.39 is 0 Å². The molecule has 0 radical (unpaired) electrons. The van der Waals surface area contributed by atoms with Gasteiger partial charge in [0, 0.05) is 32.7 Å². The van der Waals surface area contributed by atoms with E-state index in [1.165, 1.54) is 0 Å². The third-order valence-corrected chi connectivity index (χ3v) is 3.88. The van der Waals surface area contributed by atoms with Crippen LogP contribution in [0.15, 0.2) is 0 Å². The molecule has 0 aromatic rings. The minimum absolute atomic E-state index is 0.0189. The highest BCUT2D eigenvalue weighted by Crippen LogP contribution is 2.25. The zero-order valence-electron chi connectivity index (χ0n) is 12.0. The van der Waals surface area contributed by atoms with Crippen LogP contribution in [0, 0.1) is 11.8 Å². The lowest BCUT2D eigenvalue weighted by Gasteiger charge is -2.26. The molecule has 2 N–H and O–H groups in total. The smallest absolute Gasteiger partial charge is 0.222 e. The zero-order chi connectivity index (χ0) is 13.5. The molecule has 106 valence electrons. The van der Waals surface area contributed by atoms with E-state index in [1.807, 2.05) is 11.8 Å². The highest BCUT2D eigenvalue weighted by atomic mass is 16.5. The summed E-state index contributed by atoms with van der Waals surface area (Å²) in [5.41, 5.74) is 5.67. The number of nitrogens with zero attached hydrogens (tertiary/aromatic N) is 1. The zero-order valence-corrected chi connectivity index (χ0v) is 12.0. The highest BCUT2D eigenvalue weighted by Gasteiger charge is 2.25. The van der Waals surface area contributed by atoms with Crippen molar-refractivity contribution in [3.05, 3.63) is 0 Å². The Morgan fingerprint density at radius 3 is 2.72 bits per heavy atom. The Morgan fingerprint density at radius 1 is 1.44 bits per heavy atom. The number of hydrogen-bond acceptors (Lipinski definition) is 3. The first-order chi connectivity index (χ1) is 8.58. The lowest BCUT2D eigenvalue weighted by atomic mass is 9.89. The topological polar surface area (TPSA) is 55.6 Å². The highest BCUT2D eigenvalue weighted by molar-refractivity contribution is 5.76. The SMILES string of the molecule is CCOC(CN)CN1CCC(C(C)C)CCC1=O. The van der Waals surface area contributed by atoms with Crippen LogP contribution in [0.1, 0.15) is 40.0 Å². The fourth-order valence-electron chi connectivity index (χ4n) is 2.59. The molecule has 1 fully saturated rings. The van der Waals surface area contributed by atoms with Crippen LogP contribution in [0.2, 0.25) is 0 Å². The van der Waals surface area contributed by atoms with Gasteiger partial charge < -0.3 is 15.4 Å². The van der Waals surface area contributed by atoms with Crippen LogP contribution in [0.25, 0.3) is 0 Å². The predicted octanol–water partition coefficient (Wildman–Crippen LogP) is 1.63. The Labute approximate surface area is 111 Å². The number of likely N-dealkylation sites (tertiary alicyclic amines) is 1. The molecule has 1 rings (SSSR count). The Balaban J connectivity index is 2.52. The largest absolute Gasteiger partial charge is 0.375 e.